The van der Waals surface area contributed by atoms with Crippen molar-refractivity contribution in [1.82, 2.24) is 4.57 Å². The van der Waals surface area contributed by atoms with E-state index in [1.165, 1.54) is 6.08 Å². The molecular formula is C14H15NO2. The maximum absolute atomic E-state index is 10.5. The lowest BCUT2D eigenvalue weighted by Crippen LogP contribution is -1.97. The van der Waals surface area contributed by atoms with E-state index in [9.17, 15) is 4.79 Å². The summed E-state index contributed by atoms with van der Waals surface area (Å²) >= 11 is 0. The predicted molar refractivity (Wildman–Crippen MR) is 69.0 cm³/mol. The van der Waals surface area contributed by atoms with Gasteiger partial charge in [0.15, 0.2) is 0 Å². The monoisotopic (exact) mass is 229 g/mol. The molecule has 0 spiro atoms. The van der Waals surface area contributed by atoms with Crippen LogP contribution in [0.2, 0.25) is 0 Å². The fourth-order valence-corrected chi connectivity index (χ4v) is 1.97. The van der Waals surface area contributed by atoms with Crippen LogP contribution in [-0.4, -0.2) is 15.6 Å². The van der Waals surface area contributed by atoms with Crippen molar-refractivity contribution in [3.8, 4) is 0 Å². The molecule has 0 bridgehead atoms. The Morgan fingerprint density at radius 3 is 2.76 bits per heavy atom. The van der Waals surface area contributed by atoms with E-state index in [0.717, 1.165) is 16.5 Å². The molecule has 1 aromatic heterocycles. The van der Waals surface area contributed by atoms with Gasteiger partial charge in [-0.3, -0.25) is 0 Å². The molecule has 0 atom stereocenters. The highest BCUT2D eigenvalue weighted by atomic mass is 16.4. The molecule has 1 heterocycles. The van der Waals surface area contributed by atoms with Gasteiger partial charge in [-0.05, 0) is 37.6 Å². The van der Waals surface area contributed by atoms with Crippen molar-refractivity contribution < 1.29 is 9.90 Å². The summed E-state index contributed by atoms with van der Waals surface area (Å²) in [4.78, 5) is 10.5. The molecule has 88 valence electrons. The Bertz CT molecular complexity index is 579. The van der Waals surface area contributed by atoms with Crippen molar-refractivity contribution in [2.24, 2.45) is 0 Å². The summed E-state index contributed by atoms with van der Waals surface area (Å²) in [5.41, 5.74) is 2.07. The normalized spacial score (nSPS) is 11.7. The van der Waals surface area contributed by atoms with Crippen LogP contribution in [0.4, 0.5) is 0 Å². The van der Waals surface area contributed by atoms with Gasteiger partial charge >= 0.3 is 5.97 Å². The molecule has 3 nitrogen and oxygen atoms in total. The average molecular weight is 229 g/mol. The van der Waals surface area contributed by atoms with Gasteiger partial charge in [0, 0.05) is 29.2 Å². The van der Waals surface area contributed by atoms with Crippen LogP contribution in [0.5, 0.6) is 0 Å². The molecule has 1 aromatic carbocycles. The number of hydrogen-bond acceptors (Lipinski definition) is 1. The number of aliphatic carboxylic acids is 1. The van der Waals surface area contributed by atoms with Gasteiger partial charge in [0.2, 0.25) is 0 Å². The van der Waals surface area contributed by atoms with Gasteiger partial charge in [0.05, 0.1) is 0 Å². The van der Waals surface area contributed by atoms with Crippen LogP contribution in [0.15, 0.2) is 36.5 Å². The summed E-state index contributed by atoms with van der Waals surface area (Å²) in [7, 11) is 0. The summed E-state index contributed by atoms with van der Waals surface area (Å²) in [5.74, 6) is -0.926. The SMILES string of the molecule is CC(C)n1ccc2c(/C=C/C(=O)O)cccc21. The molecule has 3 heteroatoms. The Kier molecular flexibility index (Phi) is 3.00. The molecule has 2 rings (SSSR count). The first-order valence-corrected chi connectivity index (χ1v) is 5.60. The lowest BCUT2D eigenvalue weighted by Gasteiger charge is -2.09. The van der Waals surface area contributed by atoms with Crippen LogP contribution >= 0.6 is 0 Å². The van der Waals surface area contributed by atoms with Gasteiger partial charge in [0.25, 0.3) is 0 Å². The number of rotatable bonds is 3. The second kappa shape index (κ2) is 4.45. The van der Waals surface area contributed by atoms with Crippen molar-refractivity contribution >= 4 is 22.9 Å². The smallest absolute Gasteiger partial charge is 0.328 e. The minimum Gasteiger partial charge on any atom is -0.478 e. The molecule has 2 aromatic rings. The molecule has 0 radical (unpaired) electrons. The number of carbonyl (C=O) groups is 1. The van der Waals surface area contributed by atoms with E-state index in [1.54, 1.807) is 6.08 Å². The summed E-state index contributed by atoms with van der Waals surface area (Å²) in [6.45, 7) is 4.25. The first-order valence-electron chi connectivity index (χ1n) is 5.60. The third-order valence-electron chi connectivity index (χ3n) is 2.76. The van der Waals surface area contributed by atoms with Crippen LogP contribution < -0.4 is 0 Å². The van der Waals surface area contributed by atoms with E-state index in [-0.39, 0.29) is 0 Å². The molecule has 0 saturated carbocycles. The highest BCUT2D eigenvalue weighted by molar-refractivity contribution is 5.93. The van der Waals surface area contributed by atoms with Gasteiger partial charge in [-0.15, -0.1) is 0 Å². The summed E-state index contributed by atoms with van der Waals surface area (Å²) in [6.07, 6.45) is 4.84. The molecule has 0 fully saturated rings. The fourth-order valence-electron chi connectivity index (χ4n) is 1.97. The standard InChI is InChI=1S/C14H15NO2/c1-10(2)15-9-8-12-11(6-7-14(16)17)4-3-5-13(12)15/h3-10H,1-2H3,(H,16,17)/b7-6+. The Morgan fingerprint density at radius 1 is 1.35 bits per heavy atom. The zero-order valence-corrected chi connectivity index (χ0v) is 9.92. The minimum atomic E-state index is -0.926. The highest BCUT2D eigenvalue weighted by Crippen LogP contribution is 2.24. The number of hydrogen-bond donors (Lipinski definition) is 1. The van der Waals surface area contributed by atoms with Crippen LogP contribution in [0.25, 0.3) is 17.0 Å². The third-order valence-corrected chi connectivity index (χ3v) is 2.76. The first kappa shape index (κ1) is 11.5. The van der Waals surface area contributed by atoms with Crippen LogP contribution in [-0.2, 0) is 4.79 Å². The van der Waals surface area contributed by atoms with E-state index in [0.29, 0.717) is 6.04 Å². The Morgan fingerprint density at radius 2 is 2.12 bits per heavy atom. The van der Waals surface area contributed by atoms with Crippen molar-refractivity contribution in [2.75, 3.05) is 0 Å². The molecule has 0 aliphatic carbocycles. The van der Waals surface area contributed by atoms with Crippen molar-refractivity contribution in [3.05, 3.63) is 42.1 Å². The Hall–Kier alpha value is -2.03. The van der Waals surface area contributed by atoms with Gasteiger partial charge in [-0.1, -0.05) is 12.1 Å². The predicted octanol–water partition coefficient (Wildman–Crippen LogP) is 3.32. The van der Waals surface area contributed by atoms with Crippen molar-refractivity contribution in [3.63, 3.8) is 0 Å². The number of fused-ring (bicyclic) bond motifs is 1. The van der Waals surface area contributed by atoms with E-state index in [4.69, 9.17) is 5.11 Å². The number of carboxylic acid groups (broad SMARTS) is 1. The Labute approximate surface area is 100.0 Å². The first-order chi connectivity index (χ1) is 8.09. The lowest BCUT2D eigenvalue weighted by atomic mass is 10.1. The lowest BCUT2D eigenvalue weighted by molar-refractivity contribution is -0.131. The summed E-state index contributed by atoms with van der Waals surface area (Å²) < 4.78 is 2.17. The molecule has 0 aliphatic rings. The molecule has 0 saturated heterocycles. The quantitative estimate of drug-likeness (QED) is 0.820. The van der Waals surface area contributed by atoms with Crippen LogP contribution in [0.1, 0.15) is 25.5 Å². The zero-order chi connectivity index (χ0) is 12.4. The van der Waals surface area contributed by atoms with E-state index in [1.807, 2.05) is 30.5 Å². The van der Waals surface area contributed by atoms with Gasteiger partial charge in [-0.25, -0.2) is 4.79 Å². The summed E-state index contributed by atoms with van der Waals surface area (Å²) in [5, 5.41) is 9.73. The highest BCUT2D eigenvalue weighted by Gasteiger charge is 2.05. The van der Waals surface area contributed by atoms with Gasteiger partial charge in [-0.2, -0.15) is 0 Å². The van der Waals surface area contributed by atoms with Crippen LogP contribution in [0, 0.1) is 0 Å². The van der Waals surface area contributed by atoms with Crippen molar-refractivity contribution in [2.45, 2.75) is 19.9 Å². The Balaban J connectivity index is 2.55. The third kappa shape index (κ3) is 2.23. The number of nitrogens with zero attached hydrogens (tertiary/aromatic N) is 1. The molecular weight excluding hydrogens is 214 g/mol. The molecule has 0 aliphatic heterocycles. The average Bonchev–Trinajstić information content (AvgIpc) is 2.70. The molecule has 1 N–H and O–H groups in total. The van der Waals surface area contributed by atoms with E-state index in [2.05, 4.69) is 18.4 Å². The van der Waals surface area contributed by atoms with Gasteiger partial charge < -0.3 is 9.67 Å². The summed E-state index contributed by atoms with van der Waals surface area (Å²) in [6, 6.07) is 8.34. The topological polar surface area (TPSA) is 42.2 Å². The van der Waals surface area contributed by atoms with Crippen molar-refractivity contribution in [1.29, 1.82) is 0 Å². The number of aromatic nitrogens is 1. The van der Waals surface area contributed by atoms with E-state index >= 15 is 0 Å². The van der Waals surface area contributed by atoms with Crippen LogP contribution in [0.3, 0.4) is 0 Å². The maximum Gasteiger partial charge on any atom is 0.328 e. The number of benzene rings is 1. The fraction of sp³-hybridized carbons (Fsp3) is 0.214. The largest absolute Gasteiger partial charge is 0.478 e. The second-order valence-corrected chi connectivity index (χ2v) is 4.27. The van der Waals surface area contributed by atoms with E-state index < -0.39 is 5.97 Å². The molecule has 0 unspecified atom stereocenters. The second-order valence-electron chi connectivity index (χ2n) is 4.27. The zero-order valence-electron chi connectivity index (χ0n) is 9.92. The molecule has 17 heavy (non-hydrogen) atoms. The number of carboxylic acids is 1. The minimum absolute atomic E-state index is 0.395. The maximum atomic E-state index is 10.5. The molecule has 0 amide bonds. The van der Waals surface area contributed by atoms with Gasteiger partial charge in [0.1, 0.15) is 0 Å².